The summed E-state index contributed by atoms with van der Waals surface area (Å²) in [6, 6.07) is 4.33. The molecule has 2 aromatic rings. The summed E-state index contributed by atoms with van der Waals surface area (Å²) in [5, 5.41) is 43.2. The lowest BCUT2D eigenvalue weighted by molar-refractivity contribution is -0.125. The molecule has 0 unspecified atom stereocenters. The molecule has 2 aliphatic rings. The molecule has 32 heavy (non-hydrogen) atoms. The number of Topliss-reactive ketones (excluding diaryl/α,β-unsaturated/α-hetero) is 2. The van der Waals surface area contributed by atoms with E-state index in [0.717, 1.165) is 0 Å². The molecule has 0 aliphatic heterocycles. The number of allylic oxidation sites excluding steroid dienone is 1. The molecule has 6 N–H and O–H groups in total. The van der Waals surface area contributed by atoms with Crippen molar-refractivity contribution in [2.45, 2.75) is 25.4 Å². The van der Waals surface area contributed by atoms with Crippen LogP contribution in [0.15, 0.2) is 35.6 Å². The van der Waals surface area contributed by atoms with E-state index >= 15 is 0 Å². The van der Waals surface area contributed by atoms with E-state index in [4.69, 9.17) is 5.73 Å². The van der Waals surface area contributed by atoms with Crippen molar-refractivity contribution in [3.63, 3.8) is 0 Å². The average Bonchev–Trinajstić information content (AvgIpc) is 2.69. The lowest BCUT2D eigenvalue weighted by Crippen LogP contribution is -2.56. The summed E-state index contributed by atoms with van der Waals surface area (Å²) in [6.07, 6.45) is 2.29. The van der Waals surface area contributed by atoms with E-state index in [9.17, 15) is 39.6 Å². The smallest absolute Gasteiger partial charge is 0.255 e. The lowest BCUT2D eigenvalue weighted by atomic mass is 9.64. The van der Waals surface area contributed by atoms with Gasteiger partial charge in [-0.05, 0) is 48.1 Å². The van der Waals surface area contributed by atoms with Crippen LogP contribution in [0.2, 0.25) is 0 Å². The van der Waals surface area contributed by atoms with Crippen molar-refractivity contribution >= 4 is 40.1 Å². The number of benzene rings is 2. The van der Waals surface area contributed by atoms with Crippen LogP contribution in [-0.4, -0.2) is 49.3 Å². The van der Waals surface area contributed by atoms with E-state index in [1.807, 2.05) is 0 Å². The van der Waals surface area contributed by atoms with Crippen LogP contribution in [0.1, 0.15) is 34.8 Å². The van der Waals surface area contributed by atoms with Crippen molar-refractivity contribution in [1.82, 2.24) is 0 Å². The zero-order valence-corrected chi connectivity index (χ0v) is 16.9. The highest BCUT2D eigenvalue weighted by Crippen LogP contribution is 2.49. The van der Waals surface area contributed by atoms with Gasteiger partial charge in [-0.15, -0.1) is 0 Å². The van der Waals surface area contributed by atoms with Gasteiger partial charge >= 0.3 is 0 Å². The zero-order chi connectivity index (χ0) is 23.5. The van der Waals surface area contributed by atoms with Crippen molar-refractivity contribution in [3.8, 4) is 11.5 Å². The van der Waals surface area contributed by atoms with Gasteiger partial charge in [0.1, 0.15) is 22.8 Å². The number of primary amides is 1. The summed E-state index contributed by atoms with van der Waals surface area (Å²) < 4.78 is 0. The quantitative estimate of drug-likeness (QED) is 0.352. The van der Waals surface area contributed by atoms with Crippen LogP contribution >= 0.6 is 0 Å². The van der Waals surface area contributed by atoms with Crippen LogP contribution in [-0.2, 0) is 20.8 Å². The van der Waals surface area contributed by atoms with Crippen molar-refractivity contribution in [2.24, 2.45) is 11.7 Å². The average molecular weight is 437 g/mol. The number of hydrogen-bond acceptors (Lipinski definition) is 8. The molecule has 0 bridgehead atoms. The highest BCUT2D eigenvalue weighted by Gasteiger charge is 2.57. The molecule has 4 rings (SSSR count). The number of aliphatic hydroxyl groups excluding tert-OH is 1. The molecule has 2 atom stereocenters. The van der Waals surface area contributed by atoms with Gasteiger partial charge in [0.05, 0.1) is 10.9 Å². The lowest BCUT2D eigenvalue weighted by Gasteiger charge is -2.41. The minimum atomic E-state index is -2.63. The minimum Gasteiger partial charge on any atom is -0.508 e. The van der Waals surface area contributed by atoms with Gasteiger partial charge in [-0.2, -0.15) is 0 Å². The molecule has 9 heteroatoms. The third-order valence-electron chi connectivity index (χ3n) is 6.05. The number of phenolic OH excluding ortho intramolecular Hbond substituents is 2. The Bertz CT molecular complexity index is 1320. The van der Waals surface area contributed by atoms with Crippen molar-refractivity contribution in [3.05, 3.63) is 52.3 Å². The maximum Gasteiger partial charge on any atom is 0.255 e. The number of hydrogen-bond donors (Lipinski definition) is 5. The number of aliphatic hydroxyl groups is 2. The van der Waals surface area contributed by atoms with E-state index in [-0.39, 0.29) is 34.5 Å². The molecule has 9 nitrogen and oxygen atoms in total. The molecule has 0 radical (unpaired) electrons. The van der Waals surface area contributed by atoms with Gasteiger partial charge in [-0.3, -0.25) is 19.2 Å². The molecule has 0 saturated carbocycles. The fraction of sp³-hybridized carbons (Fsp3) is 0.217. The molecule has 1 amide bonds. The largest absolute Gasteiger partial charge is 0.508 e. The van der Waals surface area contributed by atoms with Crippen molar-refractivity contribution < 1.29 is 39.6 Å². The van der Waals surface area contributed by atoms with Crippen LogP contribution in [0.4, 0.5) is 0 Å². The molecular formula is C23H19NO8. The Kier molecular flexibility index (Phi) is 4.67. The standard InChI is InChI=1S/C23H19NO8/c1-9(25)2-3-10-4-5-14(26)17-13(10)7-11-6-12-8-15(27)18(22(24)31)21(30)23(12,32)20(29)16(11)19(17)28/h2-5,7,12,26,28,30,32H,6,8H2,1H3,(H2,24,31)/b3-2+/t12-,23-/m0/s1. The second kappa shape index (κ2) is 7.03. The topological polar surface area (TPSA) is 175 Å². The van der Waals surface area contributed by atoms with E-state index in [2.05, 4.69) is 0 Å². The first kappa shape index (κ1) is 21.3. The summed E-state index contributed by atoms with van der Waals surface area (Å²) in [7, 11) is 0. The van der Waals surface area contributed by atoms with Crippen molar-refractivity contribution in [2.75, 3.05) is 0 Å². The monoisotopic (exact) mass is 437 g/mol. The number of phenols is 2. The fourth-order valence-electron chi connectivity index (χ4n) is 4.53. The molecule has 2 aliphatic carbocycles. The van der Waals surface area contributed by atoms with Crippen LogP contribution < -0.4 is 5.73 Å². The number of amides is 1. The Morgan fingerprint density at radius 2 is 1.84 bits per heavy atom. The number of fused-ring (bicyclic) bond motifs is 3. The molecule has 0 heterocycles. The van der Waals surface area contributed by atoms with Gasteiger partial charge in [0, 0.05) is 12.3 Å². The van der Waals surface area contributed by atoms with Crippen LogP contribution in [0.5, 0.6) is 11.5 Å². The van der Waals surface area contributed by atoms with Crippen molar-refractivity contribution in [1.29, 1.82) is 0 Å². The number of aromatic hydroxyl groups is 2. The second-order valence-corrected chi connectivity index (χ2v) is 8.01. The van der Waals surface area contributed by atoms with E-state index in [1.165, 1.54) is 37.3 Å². The number of carbonyl (C=O) groups excluding carboxylic acids is 4. The van der Waals surface area contributed by atoms with Gasteiger partial charge in [-0.1, -0.05) is 12.1 Å². The Balaban J connectivity index is 2.01. The number of carbonyl (C=O) groups is 4. The van der Waals surface area contributed by atoms with Gasteiger partial charge in [0.15, 0.2) is 17.2 Å². The SMILES string of the molecule is CC(=O)/C=C/c1ccc(O)c2c(O)c3c(cc12)C[C@H]1CC(=O)C(C(N)=O)=C(O)[C@@]1(O)C3=O. The molecular weight excluding hydrogens is 418 g/mol. The minimum absolute atomic E-state index is 0.0877. The van der Waals surface area contributed by atoms with Crippen LogP contribution in [0, 0.1) is 5.92 Å². The van der Waals surface area contributed by atoms with Crippen LogP contribution in [0.3, 0.4) is 0 Å². The first-order valence-electron chi connectivity index (χ1n) is 9.71. The second-order valence-electron chi connectivity index (χ2n) is 8.01. The Morgan fingerprint density at radius 1 is 1.16 bits per heavy atom. The molecule has 164 valence electrons. The summed E-state index contributed by atoms with van der Waals surface area (Å²) >= 11 is 0. The summed E-state index contributed by atoms with van der Waals surface area (Å²) in [5.74, 6) is -6.62. The summed E-state index contributed by atoms with van der Waals surface area (Å²) in [6.45, 7) is 1.36. The van der Waals surface area contributed by atoms with E-state index < -0.39 is 52.5 Å². The summed E-state index contributed by atoms with van der Waals surface area (Å²) in [4.78, 5) is 48.6. The zero-order valence-electron chi connectivity index (χ0n) is 16.9. The predicted octanol–water partition coefficient (Wildman–Crippen LogP) is 1.21. The molecule has 0 saturated heterocycles. The maximum absolute atomic E-state index is 13.3. The Morgan fingerprint density at radius 3 is 2.47 bits per heavy atom. The molecule has 0 fully saturated rings. The Hall–Kier alpha value is -3.98. The molecule has 2 aromatic carbocycles. The molecule has 0 spiro atoms. The predicted molar refractivity (Wildman–Crippen MR) is 112 cm³/mol. The normalized spacial score (nSPS) is 22.9. The number of ketones is 3. The summed E-state index contributed by atoms with van der Waals surface area (Å²) in [5.41, 5.74) is 2.09. The number of rotatable bonds is 3. The first-order chi connectivity index (χ1) is 15.0. The maximum atomic E-state index is 13.3. The van der Waals surface area contributed by atoms with E-state index in [1.54, 1.807) is 0 Å². The van der Waals surface area contributed by atoms with Gasteiger partial charge < -0.3 is 26.2 Å². The third-order valence-corrected chi connectivity index (χ3v) is 6.05. The first-order valence-corrected chi connectivity index (χ1v) is 9.71. The van der Waals surface area contributed by atoms with Gasteiger partial charge in [-0.25, -0.2) is 0 Å². The fourth-order valence-corrected chi connectivity index (χ4v) is 4.53. The van der Waals surface area contributed by atoms with E-state index in [0.29, 0.717) is 10.9 Å². The van der Waals surface area contributed by atoms with Crippen LogP contribution in [0.25, 0.3) is 16.8 Å². The highest BCUT2D eigenvalue weighted by atomic mass is 16.3. The Labute approximate surface area is 181 Å². The number of nitrogens with two attached hydrogens (primary N) is 1. The van der Waals surface area contributed by atoms with Gasteiger partial charge in [0.25, 0.3) is 5.91 Å². The third kappa shape index (κ3) is 2.82. The molecule has 0 aromatic heterocycles. The highest BCUT2D eigenvalue weighted by molar-refractivity contribution is 6.23. The van der Waals surface area contributed by atoms with Gasteiger partial charge in [0.2, 0.25) is 5.78 Å².